The molecule has 0 fully saturated rings. The number of carbonyl (C=O) groups excluding carboxylic acids is 1. The molecular formula is C28H30N2OS. The molecule has 0 aliphatic heterocycles. The summed E-state index contributed by atoms with van der Waals surface area (Å²) in [4.78, 5) is 14.0. The average Bonchev–Trinajstić information content (AvgIpc) is 3.04. The van der Waals surface area contributed by atoms with Gasteiger partial charge in [-0.3, -0.25) is 4.79 Å². The second kappa shape index (κ2) is 9.66. The summed E-state index contributed by atoms with van der Waals surface area (Å²) in [6.07, 6.45) is 2.90. The van der Waals surface area contributed by atoms with Crippen molar-refractivity contribution in [1.29, 1.82) is 0 Å². The number of benzene rings is 3. The highest BCUT2D eigenvalue weighted by Gasteiger charge is 2.14. The molecule has 0 atom stereocenters. The number of hydrogen-bond donors (Lipinski definition) is 1. The molecule has 1 aromatic heterocycles. The Bertz CT molecular complexity index is 1250. The maximum atomic E-state index is 12.8. The summed E-state index contributed by atoms with van der Waals surface area (Å²) in [5, 5.41) is 4.23. The van der Waals surface area contributed by atoms with Crippen LogP contribution in [0.15, 0.2) is 71.6 Å². The molecule has 1 amide bonds. The Morgan fingerprint density at radius 3 is 2.44 bits per heavy atom. The van der Waals surface area contributed by atoms with Crippen molar-refractivity contribution >= 4 is 28.6 Å². The van der Waals surface area contributed by atoms with Crippen molar-refractivity contribution in [3.63, 3.8) is 0 Å². The van der Waals surface area contributed by atoms with E-state index in [-0.39, 0.29) is 5.91 Å². The molecule has 0 spiro atoms. The van der Waals surface area contributed by atoms with Crippen molar-refractivity contribution in [2.24, 2.45) is 0 Å². The summed E-state index contributed by atoms with van der Waals surface area (Å²) < 4.78 is 2.35. The number of nitrogens with zero attached hydrogens (tertiary/aromatic N) is 1. The number of fused-ring (bicyclic) bond motifs is 1. The molecule has 0 bridgehead atoms. The molecule has 0 aliphatic carbocycles. The highest BCUT2D eigenvalue weighted by atomic mass is 32.2. The van der Waals surface area contributed by atoms with Gasteiger partial charge >= 0.3 is 0 Å². The molecule has 1 heterocycles. The van der Waals surface area contributed by atoms with E-state index in [4.69, 9.17) is 0 Å². The van der Waals surface area contributed by atoms with Gasteiger partial charge in [0.15, 0.2) is 0 Å². The van der Waals surface area contributed by atoms with Gasteiger partial charge in [0.05, 0.1) is 0 Å². The van der Waals surface area contributed by atoms with Crippen LogP contribution in [0.4, 0.5) is 0 Å². The van der Waals surface area contributed by atoms with E-state index in [0.29, 0.717) is 12.1 Å². The summed E-state index contributed by atoms with van der Waals surface area (Å²) >= 11 is 1.74. The molecule has 0 radical (unpaired) electrons. The Hall–Kier alpha value is -2.98. The zero-order valence-corrected chi connectivity index (χ0v) is 20.1. The van der Waals surface area contributed by atoms with Gasteiger partial charge < -0.3 is 9.88 Å². The third-order valence-electron chi connectivity index (χ3n) is 6.18. The minimum Gasteiger partial charge on any atom is -0.352 e. The zero-order chi connectivity index (χ0) is 22.7. The molecule has 4 rings (SSSR count). The minimum absolute atomic E-state index is 0.0175. The quantitative estimate of drug-likeness (QED) is 0.340. The SMILES string of the molecule is CSc1ccc(CCNC(=O)c2ccc3c(c2)c(C)c(C)n3Cc2cccc(C)c2)cc1. The summed E-state index contributed by atoms with van der Waals surface area (Å²) in [7, 11) is 0. The Kier molecular flexibility index (Phi) is 6.71. The molecule has 0 unspecified atom stereocenters. The van der Waals surface area contributed by atoms with Crippen molar-refractivity contribution in [3.8, 4) is 0 Å². The number of amides is 1. The van der Waals surface area contributed by atoms with E-state index in [1.807, 2.05) is 12.1 Å². The lowest BCUT2D eigenvalue weighted by Gasteiger charge is -2.10. The number of nitrogens with one attached hydrogen (secondary N) is 1. The Balaban J connectivity index is 1.49. The number of carbonyl (C=O) groups is 1. The van der Waals surface area contributed by atoms with Gasteiger partial charge in [0, 0.05) is 40.1 Å². The van der Waals surface area contributed by atoms with Crippen LogP contribution >= 0.6 is 11.8 Å². The summed E-state index contributed by atoms with van der Waals surface area (Å²) in [5.41, 5.74) is 8.16. The molecular weight excluding hydrogens is 412 g/mol. The van der Waals surface area contributed by atoms with Crippen LogP contribution in [-0.2, 0) is 13.0 Å². The lowest BCUT2D eigenvalue weighted by molar-refractivity contribution is 0.0954. The predicted octanol–water partition coefficient (Wildman–Crippen LogP) is 6.31. The first-order valence-electron chi connectivity index (χ1n) is 11.0. The van der Waals surface area contributed by atoms with Crippen LogP contribution in [0.5, 0.6) is 0 Å². The number of hydrogen-bond acceptors (Lipinski definition) is 2. The van der Waals surface area contributed by atoms with Crippen LogP contribution in [0.25, 0.3) is 10.9 Å². The lowest BCUT2D eigenvalue weighted by Crippen LogP contribution is -2.25. The van der Waals surface area contributed by atoms with Crippen LogP contribution in [-0.4, -0.2) is 23.3 Å². The average molecular weight is 443 g/mol. The molecule has 0 saturated heterocycles. The summed E-state index contributed by atoms with van der Waals surface area (Å²) in [6, 6.07) is 23.2. The molecule has 4 aromatic rings. The minimum atomic E-state index is -0.0175. The largest absolute Gasteiger partial charge is 0.352 e. The fraction of sp³-hybridized carbons (Fsp3) is 0.250. The molecule has 0 saturated carbocycles. The van der Waals surface area contributed by atoms with Crippen molar-refractivity contribution in [2.45, 2.75) is 38.6 Å². The number of rotatable bonds is 7. The van der Waals surface area contributed by atoms with Crippen LogP contribution in [0.3, 0.4) is 0 Å². The van der Waals surface area contributed by atoms with Crippen molar-refractivity contribution in [1.82, 2.24) is 9.88 Å². The highest BCUT2D eigenvalue weighted by Crippen LogP contribution is 2.27. The van der Waals surface area contributed by atoms with Gasteiger partial charge in [0.2, 0.25) is 0 Å². The van der Waals surface area contributed by atoms with Gasteiger partial charge in [-0.2, -0.15) is 0 Å². The fourth-order valence-corrected chi connectivity index (χ4v) is 4.61. The third kappa shape index (κ3) is 4.76. The monoisotopic (exact) mass is 442 g/mol. The van der Waals surface area contributed by atoms with Gasteiger partial charge in [-0.1, -0.05) is 42.0 Å². The molecule has 0 aliphatic rings. The van der Waals surface area contributed by atoms with Gasteiger partial charge in [-0.15, -0.1) is 11.8 Å². The number of aromatic nitrogens is 1. The third-order valence-corrected chi connectivity index (χ3v) is 6.93. The van der Waals surface area contributed by atoms with E-state index < -0.39 is 0 Å². The zero-order valence-electron chi connectivity index (χ0n) is 19.2. The van der Waals surface area contributed by atoms with E-state index in [2.05, 4.69) is 91.5 Å². The van der Waals surface area contributed by atoms with Crippen LogP contribution in [0, 0.1) is 20.8 Å². The molecule has 164 valence electrons. The second-order valence-corrected chi connectivity index (χ2v) is 9.25. The highest BCUT2D eigenvalue weighted by molar-refractivity contribution is 7.98. The number of aryl methyl sites for hydroxylation is 2. The number of thioether (sulfide) groups is 1. The van der Waals surface area contributed by atoms with E-state index >= 15 is 0 Å². The van der Waals surface area contributed by atoms with E-state index in [0.717, 1.165) is 18.4 Å². The van der Waals surface area contributed by atoms with Gasteiger partial charge in [-0.05, 0) is 80.5 Å². The second-order valence-electron chi connectivity index (χ2n) is 8.37. The first kappa shape index (κ1) is 22.2. The van der Waals surface area contributed by atoms with Crippen molar-refractivity contribution < 1.29 is 4.79 Å². The Labute approximate surface area is 194 Å². The van der Waals surface area contributed by atoms with Crippen LogP contribution in [0.2, 0.25) is 0 Å². The molecule has 3 aromatic carbocycles. The standard InChI is InChI=1S/C28H30N2OS/c1-19-6-5-7-23(16-19)18-30-21(3)20(2)26-17-24(10-13-27(26)30)28(31)29-15-14-22-8-11-25(32-4)12-9-22/h5-13,16-17H,14-15,18H2,1-4H3,(H,29,31). The Morgan fingerprint density at radius 1 is 0.938 bits per heavy atom. The first-order chi connectivity index (χ1) is 15.5. The topological polar surface area (TPSA) is 34.0 Å². The van der Waals surface area contributed by atoms with Crippen LogP contribution < -0.4 is 5.32 Å². The smallest absolute Gasteiger partial charge is 0.251 e. The molecule has 1 N–H and O–H groups in total. The van der Waals surface area contributed by atoms with Gasteiger partial charge in [-0.25, -0.2) is 0 Å². The maximum Gasteiger partial charge on any atom is 0.251 e. The van der Waals surface area contributed by atoms with E-state index in [9.17, 15) is 4.79 Å². The van der Waals surface area contributed by atoms with Crippen LogP contribution in [0.1, 0.15) is 38.3 Å². The summed E-state index contributed by atoms with van der Waals surface area (Å²) in [6.45, 7) is 7.89. The van der Waals surface area contributed by atoms with E-state index in [1.165, 1.54) is 38.4 Å². The van der Waals surface area contributed by atoms with E-state index in [1.54, 1.807) is 11.8 Å². The van der Waals surface area contributed by atoms with Crippen molar-refractivity contribution in [3.05, 3.63) is 100 Å². The molecule has 32 heavy (non-hydrogen) atoms. The Morgan fingerprint density at radius 2 is 1.72 bits per heavy atom. The van der Waals surface area contributed by atoms with Gasteiger partial charge in [0.1, 0.15) is 0 Å². The van der Waals surface area contributed by atoms with Crippen molar-refractivity contribution in [2.75, 3.05) is 12.8 Å². The normalized spacial score (nSPS) is 11.1. The van der Waals surface area contributed by atoms with Gasteiger partial charge in [0.25, 0.3) is 5.91 Å². The maximum absolute atomic E-state index is 12.8. The lowest BCUT2D eigenvalue weighted by atomic mass is 10.1. The predicted molar refractivity (Wildman–Crippen MR) is 136 cm³/mol. The fourth-order valence-electron chi connectivity index (χ4n) is 4.20. The molecule has 3 nitrogen and oxygen atoms in total. The summed E-state index contributed by atoms with van der Waals surface area (Å²) in [5.74, 6) is -0.0175. The molecule has 4 heteroatoms. The first-order valence-corrected chi connectivity index (χ1v) is 12.2.